The zero-order chi connectivity index (χ0) is 20.2. The van der Waals surface area contributed by atoms with Crippen LogP contribution in [0.3, 0.4) is 0 Å². The highest BCUT2D eigenvalue weighted by molar-refractivity contribution is 7.92. The standard InChI is InChI=1S/C19H26FN3O3S/c1-19(2,17(21)18(24)23-13-15(20)12-16(23)22-3)27(25,26)11-7-10-14-8-5-4-6-9-14/h4-6,8-9,15-17H,7,10-13,21H2,1-2H3/t15-,16-,17+/m0/s1. The number of alkyl halides is 1. The molecule has 27 heavy (non-hydrogen) atoms. The summed E-state index contributed by atoms with van der Waals surface area (Å²) >= 11 is 0. The van der Waals surface area contributed by atoms with Crippen molar-refractivity contribution in [1.82, 2.24) is 4.90 Å². The van der Waals surface area contributed by atoms with Gasteiger partial charge in [-0.15, -0.1) is 0 Å². The molecule has 0 spiro atoms. The zero-order valence-corrected chi connectivity index (χ0v) is 16.5. The summed E-state index contributed by atoms with van der Waals surface area (Å²) < 4.78 is 37.8. The summed E-state index contributed by atoms with van der Waals surface area (Å²) in [5.41, 5.74) is 7.05. The average Bonchev–Trinajstić information content (AvgIpc) is 3.01. The first-order chi connectivity index (χ1) is 12.6. The minimum atomic E-state index is -3.69. The molecule has 0 saturated carbocycles. The van der Waals surface area contributed by atoms with E-state index in [9.17, 15) is 17.6 Å². The Kier molecular flexibility index (Phi) is 6.60. The van der Waals surface area contributed by atoms with E-state index in [1.807, 2.05) is 30.3 Å². The number of sulfone groups is 1. The van der Waals surface area contributed by atoms with Gasteiger partial charge < -0.3 is 5.73 Å². The summed E-state index contributed by atoms with van der Waals surface area (Å²) in [6.07, 6.45) is -1.25. The van der Waals surface area contributed by atoms with E-state index in [-0.39, 0.29) is 18.7 Å². The third kappa shape index (κ3) is 4.66. The molecule has 1 fully saturated rings. The fraction of sp³-hybridized carbons (Fsp3) is 0.579. The number of halogens is 1. The van der Waals surface area contributed by atoms with Gasteiger partial charge in [-0.25, -0.2) is 19.4 Å². The van der Waals surface area contributed by atoms with Crippen molar-refractivity contribution in [2.24, 2.45) is 5.73 Å². The Morgan fingerprint density at radius 2 is 2.04 bits per heavy atom. The Balaban J connectivity index is 2.05. The van der Waals surface area contributed by atoms with Gasteiger partial charge in [-0.1, -0.05) is 30.3 Å². The maximum absolute atomic E-state index is 13.6. The number of carbonyl (C=O) groups excluding carboxylic acids is 1. The van der Waals surface area contributed by atoms with E-state index in [0.717, 1.165) is 10.5 Å². The SMILES string of the molecule is [C-]#[N+][C@@H]1C[C@H](F)CN1C(=O)[C@@H](N)C(C)(C)S(=O)(=O)CCCc1ccccc1. The van der Waals surface area contributed by atoms with Crippen LogP contribution in [0, 0.1) is 6.57 Å². The molecule has 1 amide bonds. The second-order valence-corrected chi connectivity index (χ2v) is 10.1. The molecule has 2 rings (SSSR count). The smallest absolute Gasteiger partial charge is 0.303 e. The molecule has 1 aliphatic rings. The van der Waals surface area contributed by atoms with Crippen molar-refractivity contribution in [1.29, 1.82) is 0 Å². The van der Waals surface area contributed by atoms with Crippen molar-refractivity contribution in [2.75, 3.05) is 12.3 Å². The Morgan fingerprint density at radius 1 is 1.41 bits per heavy atom. The van der Waals surface area contributed by atoms with E-state index in [0.29, 0.717) is 12.8 Å². The normalized spacial score (nSPS) is 21.7. The second-order valence-electron chi connectivity index (χ2n) is 7.42. The molecule has 0 aliphatic carbocycles. The molecule has 6 nitrogen and oxygen atoms in total. The summed E-state index contributed by atoms with van der Waals surface area (Å²) in [5.74, 6) is -0.791. The lowest BCUT2D eigenvalue weighted by atomic mass is 10.0. The average molecular weight is 396 g/mol. The summed E-state index contributed by atoms with van der Waals surface area (Å²) in [4.78, 5) is 17.0. The summed E-state index contributed by atoms with van der Waals surface area (Å²) in [6, 6.07) is 8.18. The van der Waals surface area contributed by atoms with Crippen LogP contribution in [0.2, 0.25) is 0 Å². The van der Waals surface area contributed by atoms with E-state index in [4.69, 9.17) is 12.3 Å². The molecular weight excluding hydrogens is 369 g/mol. The molecule has 3 atom stereocenters. The van der Waals surface area contributed by atoms with Crippen LogP contribution in [0.15, 0.2) is 30.3 Å². The van der Waals surface area contributed by atoms with Gasteiger partial charge >= 0.3 is 6.17 Å². The van der Waals surface area contributed by atoms with Crippen LogP contribution in [-0.2, 0) is 21.1 Å². The Labute approximate surface area is 160 Å². The first kappa shape index (κ1) is 21.3. The largest absolute Gasteiger partial charge is 0.319 e. The number of amides is 1. The van der Waals surface area contributed by atoms with Gasteiger partial charge in [-0.3, -0.25) is 14.5 Å². The number of hydrogen-bond acceptors (Lipinski definition) is 4. The topological polar surface area (TPSA) is 84.8 Å². The monoisotopic (exact) mass is 395 g/mol. The van der Waals surface area contributed by atoms with Crippen LogP contribution in [0.1, 0.15) is 32.3 Å². The lowest BCUT2D eigenvalue weighted by Gasteiger charge is -2.32. The quantitative estimate of drug-likeness (QED) is 0.715. The first-order valence-electron chi connectivity index (χ1n) is 8.93. The summed E-state index contributed by atoms with van der Waals surface area (Å²) in [6.45, 7) is 9.73. The molecule has 0 aromatic heterocycles. The van der Waals surface area contributed by atoms with Crippen LogP contribution < -0.4 is 5.73 Å². The van der Waals surface area contributed by atoms with Gasteiger partial charge in [0.05, 0.1) is 23.5 Å². The lowest BCUT2D eigenvalue weighted by Crippen LogP contribution is -2.59. The predicted molar refractivity (Wildman–Crippen MR) is 102 cm³/mol. The fourth-order valence-corrected chi connectivity index (χ4v) is 4.71. The molecule has 8 heteroatoms. The van der Waals surface area contributed by atoms with Crippen molar-refractivity contribution >= 4 is 15.7 Å². The number of rotatable bonds is 7. The van der Waals surface area contributed by atoms with Gasteiger partial charge in [-0.05, 0) is 32.3 Å². The van der Waals surface area contributed by atoms with E-state index in [2.05, 4.69) is 4.85 Å². The van der Waals surface area contributed by atoms with Crippen LogP contribution >= 0.6 is 0 Å². The maximum Gasteiger partial charge on any atom is 0.303 e. The molecule has 0 radical (unpaired) electrons. The molecule has 1 aromatic rings. The molecule has 148 valence electrons. The van der Waals surface area contributed by atoms with Gasteiger partial charge in [0.1, 0.15) is 12.2 Å². The van der Waals surface area contributed by atoms with Crippen LogP contribution in [0.25, 0.3) is 4.85 Å². The Bertz CT molecular complexity index is 805. The predicted octanol–water partition coefficient (Wildman–Crippen LogP) is 1.96. The molecule has 0 unspecified atom stereocenters. The highest BCUT2D eigenvalue weighted by Gasteiger charge is 2.49. The Hall–Kier alpha value is -1.98. The van der Waals surface area contributed by atoms with Crippen molar-refractivity contribution in [3.8, 4) is 0 Å². The van der Waals surface area contributed by atoms with Gasteiger partial charge in [0.2, 0.25) is 5.91 Å². The first-order valence-corrected chi connectivity index (χ1v) is 10.6. The number of hydrogen-bond donors (Lipinski definition) is 1. The molecule has 1 heterocycles. The zero-order valence-electron chi connectivity index (χ0n) is 15.6. The van der Waals surface area contributed by atoms with Crippen molar-refractivity contribution in [2.45, 2.75) is 56.2 Å². The number of aryl methyl sites for hydroxylation is 1. The van der Waals surface area contributed by atoms with Gasteiger partial charge in [0, 0.05) is 0 Å². The minimum absolute atomic E-state index is 0.0633. The maximum atomic E-state index is 13.6. The van der Waals surface area contributed by atoms with Crippen LogP contribution in [0.5, 0.6) is 0 Å². The second kappa shape index (κ2) is 8.36. The number of benzene rings is 1. The van der Waals surface area contributed by atoms with E-state index in [1.165, 1.54) is 13.8 Å². The van der Waals surface area contributed by atoms with Crippen molar-refractivity contribution in [3.05, 3.63) is 47.3 Å². The van der Waals surface area contributed by atoms with Crippen molar-refractivity contribution < 1.29 is 17.6 Å². The van der Waals surface area contributed by atoms with Gasteiger partial charge in [0.15, 0.2) is 9.84 Å². The molecule has 0 bridgehead atoms. The lowest BCUT2D eigenvalue weighted by molar-refractivity contribution is -0.133. The van der Waals surface area contributed by atoms with E-state index < -0.39 is 38.9 Å². The molecule has 1 aromatic carbocycles. The minimum Gasteiger partial charge on any atom is -0.319 e. The highest BCUT2D eigenvalue weighted by Crippen LogP contribution is 2.27. The van der Waals surface area contributed by atoms with Crippen LogP contribution in [-0.4, -0.2) is 54.6 Å². The fourth-order valence-electron chi connectivity index (χ4n) is 3.17. The molecular formula is C19H26FN3O3S. The highest BCUT2D eigenvalue weighted by atomic mass is 32.2. The number of nitrogens with zero attached hydrogens (tertiary/aromatic N) is 2. The molecule has 2 N–H and O–H groups in total. The third-order valence-electron chi connectivity index (χ3n) is 5.19. The number of likely N-dealkylation sites (tertiary alicyclic amines) is 1. The summed E-state index contributed by atoms with van der Waals surface area (Å²) in [5, 5.41) is 0. The number of carbonyl (C=O) groups is 1. The van der Waals surface area contributed by atoms with E-state index >= 15 is 0 Å². The number of nitrogens with two attached hydrogens (primary N) is 1. The van der Waals surface area contributed by atoms with Crippen molar-refractivity contribution in [3.63, 3.8) is 0 Å². The third-order valence-corrected chi connectivity index (χ3v) is 7.87. The van der Waals surface area contributed by atoms with Crippen LogP contribution in [0.4, 0.5) is 4.39 Å². The summed E-state index contributed by atoms with van der Waals surface area (Å²) in [7, 11) is -3.69. The molecule has 1 aliphatic heterocycles. The Morgan fingerprint density at radius 3 is 2.63 bits per heavy atom. The molecule has 1 saturated heterocycles. The van der Waals surface area contributed by atoms with E-state index in [1.54, 1.807) is 0 Å². The van der Waals surface area contributed by atoms with Gasteiger partial charge in [0.25, 0.3) is 0 Å². The van der Waals surface area contributed by atoms with Gasteiger partial charge in [-0.2, -0.15) is 0 Å².